The highest BCUT2D eigenvalue weighted by atomic mass is 16.4. The van der Waals surface area contributed by atoms with Crippen LogP contribution in [0.15, 0.2) is 18.2 Å². The summed E-state index contributed by atoms with van der Waals surface area (Å²) in [5, 5.41) is 19.0. The highest BCUT2D eigenvalue weighted by Gasteiger charge is 2.33. The van der Waals surface area contributed by atoms with Crippen molar-refractivity contribution in [3.63, 3.8) is 0 Å². The van der Waals surface area contributed by atoms with Crippen LogP contribution in [0.3, 0.4) is 0 Å². The number of para-hydroxylation sites is 1. The lowest BCUT2D eigenvalue weighted by Crippen LogP contribution is -2.48. The number of aliphatic carboxylic acids is 1. The van der Waals surface area contributed by atoms with E-state index in [4.69, 9.17) is 10.8 Å². The minimum absolute atomic E-state index is 0.0492. The molecule has 0 saturated carbocycles. The number of nitrogens with two attached hydrogens (primary N) is 1. The van der Waals surface area contributed by atoms with Crippen LogP contribution in [-0.4, -0.2) is 39.6 Å². The number of amides is 1. The van der Waals surface area contributed by atoms with E-state index in [9.17, 15) is 14.7 Å². The summed E-state index contributed by atoms with van der Waals surface area (Å²) in [5.41, 5.74) is 5.70. The molecule has 2 rings (SSSR count). The number of rotatable bonds is 2. The van der Waals surface area contributed by atoms with E-state index >= 15 is 0 Å². The summed E-state index contributed by atoms with van der Waals surface area (Å²) >= 11 is 0. The molecule has 0 aromatic heterocycles. The summed E-state index contributed by atoms with van der Waals surface area (Å²) in [4.78, 5) is 24.8. The number of carboxylic acid groups (broad SMARTS) is 1. The molecule has 19 heavy (non-hydrogen) atoms. The molecule has 1 saturated heterocycles. The molecule has 1 atom stereocenters. The number of carbonyl (C=O) groups is 2. The number of aromatic hydroxyl groups is 1. The van der Waals surface area contributed by atoms with E-state index in [1.54, 1.807) is 6.07 Å². The zero-order valence-corrected chi connectivity index (χ0v) is 10.4. The van der Waals surface area contributed by atoms with Gasteiger partial charge >= 0.3 is 5.97 Å². The number of phenolic OH excluding ortho intramolecular Hbond substituents is 1. The predicted molar refractivity (Wildman–Crippen MR) is 68.8 cm³/mol. The van der Waals surface area contributed by atoms with E-state index in [1.165, 1.54) is 17.0 Å². The fourth-order valence-corrected chi connectivity index (χ4v) is 2.32. The normalized spacial score (nSPS) is 19.2. The minimum atomic E-state index is -1.02. The fraction of sp³-hybridized carbons (Fsp3) is 0.385. The average Bonchev–Trinajstić information content (AvgIpc) is 2.41. The van der Waals surface area contributed by atoms with E-state index in [-0.39, 0.29) is 17.0 Å². The van der Waals surface area contributed by atoms with Gasteiger partial charge in [-0.3, -0.25) is 4.79 Å². The lowest BCUT2D eigenvalue weighted by molar-refractivity contribution is -0.143. The second kappa shape index (κ2) is 5.17. The van der Waals surface area contributed by atoms with E-state index < -0.39 is 17.9 Å². The summed E-state index contributed by atoms with van der Waals surface area (Å²) in [6.07, 6.45) is 1.98. The van der Waals surface area contributed by atoms with Gasteiger partial charge in [0.25, 0.3) is 5.91 Å². The number of benzene rings is 1. The molecule has 1 aromatic rings. The van der Waals surface area contributed by atoms with Crippen molar-refractivity contribution in [2.45, 2.75) is 25.3 Å². The van der Waals surface area contributed by atoms with Crippen molar-refractivity contribution >= 4 is 17.6 Å². The van der Waals surface area contributed by atoms with Gasteiger partial charge in [0, 0.05) is 6.54 Å². The molecular weight excluding hydrogens is 248 g/mol. The molecule has 4 N–H and O–H groups in total. The Morgan fingerprint density at radius 1 is 1.32 bits per heavy atom. The van der Waals surface area contributed by atoms with Crippen molar-refractivity contribution in [2.24, 2.45) is 0 Å². The first kappa shape index (κ1) is 13.2. The Kier molecular flexibility index (Phi) is 3.59. The van der Waals surface area contributed by atoms with Gasteiger partial charge in [-0.1, -0.05) is 6.07 Å². The zero-order chi connectivity index (χ0) is 14.0. The van der Waals surface area contributed by atoms with Gasteiger partial charge in [0.15, 0.2) is 5.75 Å². The Morgan fingerprint density at radius 3 is 2.74 bits per heavy atom. The minimum Gasteiger partial charge on any atom is -0.505 e. The number of carboxylic acids is 1. The third kappa shape index (κ3) is 2.47. The van der Waals surface area contributed by atoms with Crippen molar-refractivity contribution in [2.75, 3.05) is 12.3 Å². The van der Waals surface area contributed by atoms with Crippen LogP contribution in [0.1, 0.15) is 29.6 Å². The molecule has 0 aliphatic carbocycles. The first-order valence-electron chi connectivity index (χ1n) is 6.13. The molecule has 1 fully saturated rings. The summed E-state index contributed by atoms with van der Waals surface area (Å²) in [6.45, 7) is 0.379. The first-order valence-corrected chi connectivity index (χ1v) is 6.13. The maximum absolute atomic E-state index is 12.3. The highest BCUT2D eigenvalue weighted by molar-refractivity contribution is 6.00. The average molecular weight is 264 g/mol. The van der Waals surface area contributed by atoms with Gasteiger partial charge in [0.1, 0.15) is 6.04 Å². The number of anilines is 1. The lowest BCUT2D eigenvalue weighted by Gasteiger charge is -2.33. The topological polar surface area (TPSA) is 104 Å². The number of nitrogens with zero attached hydrogens (tertiary/aromatic N) is 1. The number of hydrogen-bond donors (Lipinski definition) is 3. The lowest BCUT2D eigenvalue weighted by atomic mass is 10.0. The van der Waals surface area contributed by atoms with Gasteiger partial charge < -0.3 is 20.8 Å². The van der Waals surface area contributed by atoms with E-state index in [2.05, 4.69) is 0 Å². The molecule has 0 radical (unpaired) electrons. The molecule has 1 heterocycles. The quantitative estimate of drug-likeness (QED) is 0.547. The van der Waals surface area contributed by atoms with Crippen LogP contribution in [0.4, 0.5) is 5.69 Å². The summed E-state index contributed by atoms with van der Waals surface area (Å²) in [6, 6.07) is 3.66. The molecule has 102 valence electrons. The molecule has 1 aliphatic rings. The van der Waals surface area contributed by atoms with Crippen molar-refractivity contribution < 1.29 is 19.8 Å². The SMILES string of the molecule is Nc1cccc(C(=O)N2CCCCC2C(=O)O)c1O. The maximum Gasteiger partial charge on any atom is 0.326 e. The van der Waals surface area contributed by atoms with E-state index in [0.29, 0.717) is 13.0 Å². The second-order valence-corrected chi connectivity index (χ2v) is 4.59. The number of piperidine rings is 1. The van der Waals surface area contributed by atoms with Gasteiger partial charge in [0.2, 0.25) is 0 Å². The Labute approximate surface area is 110 Å². The maximum atomic E-state index is 12.3. The summed E-state index contributed by atoms with van der Waals surface area (Å²) in [7, 11) is 0. The van der Waals surface area contributed by atoms with Crippen molar-refractivity contribution in [3.05, 3.63) is 23.8 Å². The Hall–Kier alpha value is -2.24. The fourth-order valence-electron chi connectivity index (χ4n) is 2.32. The summed E-state index contributed by atoms with van der Waals surface area (Å²) in [5.74, 6) is -1.80. The molecule has 1 aromatic carbocycles. The van der Waals surface area contributed by atoms with Crippen LogP contribution in [0.2, 0.25) is 0 Å². The molecule has 6 heteroatoms. The number of likely N-dealkylation sites (tertiary alicyclic amines) is 1. The van der Waals surface area contributed by atoms with Crippen LogP contribution < -0.4 is 5.73 Å². The van der Waals surface area contributed by atoms with Crippen molar-refractivity contribution in [3.8, 4) is 5.75 Å². The van der Waals surface area contributed by atoms with E-state index in [1.807, 2.05) is 0 Å². The van der Waals surface area contributed by atoms with Crippen LogP contribution >= 0.6 is 0 Å². The third-order valence-corrected chi connectivity index (χ3v) is 3.35. The Balaban J connectivity index is 2.31. The van der Waals surface area contributed by atoms with Crippen LogP contribution in [-0.2, 0) is 4.79 Å². The van der Waals surface area contributed by atoms with Crippen molar-refractivity contribution in [1.29, 1.82) is 0 Å². The summed E-state index contributed by atoms with van der Waals surface area (Å²) < 4.78 is 0. The van der Waals surface area contributed by atoms with Gasteiger partial charge in [-0.2, -0.15) is 0 Å². The number of phenols is 1. The number of nitrogen functional groups attached to an aromatic ring is 1. The molecular formula is C13H16N2O4. The van der Waals surface area contributed by atoms with Gasteiger partial charge in [-0.15, -0.1) is 0 Å². The van der Waals surface area contributed by atoms with Crippen LogP contribution in [0, 0.1) is 0 Å². The molecule has 0 spiro atoms. The van der Waals surface area contributed by atoms with Crippen LogP contribution in [0.25, 0.3) is 0 Å². The van der Waals surface area contributed by atoms with Crippen molar-refractivity contribution in [1.82, 2.24) is 4.90 Å². The second-order valence-electron chi connectivity index (χ2n) is 4.59. The molecule has 1 unspecified atom stereocenters. The third-order valence-electron chi connectivity index (χ3n) is 3.35. The number of carbonyl (C=O) groups excluding carboxylic acids is 1. The smallest absolute Gasteiger partial charge is 0.326 e. The number of hydrogen-bond acceptors (Lipinski definition) is 4. The van der Waals surface area contributed by atoms with E-state index in [0.717, 1.165) is 12.8 Å². The zero-order valence-electron chi connectivity index (χ0n) is 10.4. The molecule has 1 aliphatic heterocycles. The molecule has 0 bridgehead atoms. The Morgan fingerprint density at radius 2 is 2.05 bits per heavy atom. The molecule has 1 amide bonds. The largest absolute Gasteiger partial charge is 0.505 e. The monoisotopic (exact) mass is 264 g/mol. The van der Waals surface area contributed by atoms with Crippen LogP contribution in [0.5, 0.6) is 5.75 Å². The van der Waals surface area contributed by atoms with Gasteiger partial charge in [-0.05, 0) is 31.4 Å². The predicted octanol–water partition coefficient (Wildman–Crippen LogP) is 1.05. The Bertz CT molecular complexity index is 515. The molecule has 6 nitrogen and oxygen atoms in total. The standard InChI is InChI=1S/C13H16N2O4/c14-9-5-3-4-8(11(9)16)12(17)15-7-2-1-6-10(15)13(18)19/h3-5,10,16H,1-2,6-7,14H2,(H,18,19). The first-order chi connectivity index (χ1) is 9.02. The highest BCUT2D eigenvalue weighted by Crippen LogP contribution is 2.28. The van der Waals surface area contributed by atoms with Gasteiger partial charge in [0.05, 0.1) is 11.3 Å². The van der Waals surface area contributed by atoms with Gasteiger partial charge in [-0.25, -0.2) is 4.79 Å².